The van der Waals surface area contributed by atoms with Crippen molar-refractivity contribution >= 4 is 5.97 Å². The van der Waals surface area contributed by atoms with Gasteiger partial charge in [0.25, 0.3) is 0 Å². The lowest BCUT2D eigenvalue weighted by Crippen LogP contribution is -1.99. The van der Waals surface area contributed by atoms with E-state index < -0.39 is 0 Å². The van der Waals surface area contributed by atoms with Crippen LogP contribution in [0.3, 0.4) is 0 Å². The molecule has 0 bridgehead atoms. The zero-order chi connectivity index (χ0) is 10.5. The summed E-state index contributed by atoms with van der Waals surface area (Å²) in [6.07, 6.45) is 4.65. The highest BCUT2D eigenvalue weighted by atomic mass is 16.5. The maximum Gasteiger partial charge on any atom is 0.330 e. The molecule has 0 heterocycles. The Balaban J connectivity index is 0. The number of rotatable bonds is 5. The van der Waals surface area contributed by atoms with Crippen molar-refractivity contribution in [1.29, 1.82) is 0 Å². The van der Waals surface area contributed by atoms with Crippen LogP contribution in [0.2, 0.25) is 0 Å². The first-order valence-electron chi connectivity index (χ1n) is 3.89. The van der Waals surface area contributed by atoms with Gasteiger partial charge in [0.15, 0.2) is 0 Å². The molecule has 0 N–H and O–H groups in total. The van der Waals surface area contributed by atoms with Crippen molar-refractivity contribution in [2.24, 2.45) is 0 Å². The molecule has 0 fully saturated rings. The van der Waals surface area contributed by atoms with E-state index in [2.05, 4.69) is 29.2 Å². The van der Waals surface area contributed by atoms with Crippen LogP contribution < -0.4 is 0 Å². The van der Waals surface area contributed by atoms with Crippen LogP contribution >= 0.6 is 0 Å². The van der Waals surface area contributed by atoms with Crippen molar-refractivity contribution in [2.45, 2.75) is 13.3 Å². The Labute approximate surface area is 79.3 Å². The molecule has 0 unspecified atom stereocenters. The van der Waals surface area contributed by atoms with Crippen molar-refractivity contribution in [1.82, 2.24) is 0 Å². The van der Waals surface area contributed by atoms with Gasteiger partial charge in [-0.25, -0.2) is 4.79 Å². The standard InChI is InChI=1S/C6H10O2.C4H6O/c1-3-5-8-6(7)4-2;1-3-5-4-2/h4H,2-3,5H2,1H3;3-4H,1-2H2. The Morgan fingerprint density at radius 1 is 1.31 bits per heavy atom. The van der Waals surface area contributed by atoms with Crippen molar-refractivity contribution < 1.29 is 14.3 Å². The van der Waals surface area contributed by atoms with Gasteiger partial charge in [-0.05, 0) is 6.42 Å². The molecule has 0 aromatic rings. The van der Waals surface area contributed by atoms with Crippen LogP contribution in [0.25, 0.3) is 0 Å². The first-order chi connectivity index (χ1) is 6.22. The number of ether oxygens (including phenoxy) is 2. The predicted molar refractivity (Wildman–Crippen MR) is 52.9 cm³/mol. The molecule has 0 saturated carbocycles. The lowest BCUT2D eigenvalue weighted by molar-refractivity contribution is -0.137. The summed E-state index contributed by atoms with van der Waals surface area (Å²) in [6.45, 7) is 12.2. The summed E-state index contributed by atoms with van der Waals surface area (Å²) < 4.78 is 8.94. The lowest BCUT2D eigenvalue weighted by Gasteiger charge is -1.94. The first kappa shape index (κ1) is 14.0. The fourth-order valence-electron chi connectivity index (χ4n) is 0.330. The second kappa shape index (κ2) is 13.1. The molecule has 0 amide bonds. The van der Waals surface area contributed by atoms with Gasteiger partial charge in [0.05, 0.1) is 19.1 Å². The Kier molecular flexibility index (Phi) is 14.2. The van der Waals surface area contributed by atoms with Gasteiger partial charge >= 0.3 is 5.97 Å². The minimum absolute atomic E-state index is 0.341. The number of carbonyl (C=O) groups excluding carboxylic acids is 1. The molecule has 0 saturated heterocycles. The van der Waals surface area contributed by atoms with Crippen LogP contribution in [-0.2, 0) is 14.3 Å². The molecule has 3 nitrogen and oxygen atoms in total. The highest BCUT2D eigenvalue weighted by molar-refractivity contribution is 5.81. The van der Waals surface area contributed by atoms with Gasteiger partial charge in [0.2, 0.25) is 0 Å². The molecular formula is C10H16O3. The molecule has 0 aliphatic rings. The molecule has 0 radical (unpaired) electrons. The number of carbonyl (C=O) groups is 1. The van der Waals surface area contributed by atoms with Crippen LogP contribution in [0, 0.1) is 0 Å². The van der Waals surface area contributed by atoms with Crippen LogP contribution in [0.5, 0.6) is 0 Å². The number of hydrogen-bond donors (Lipinski definition) is 0. The molecule has 0 aromatic carbocycles. The van der Waals surface area contributed by atoms with Gasteiger partial charge in [-0.2, -0.15) is 0 Å². The SMILES string of the molecule is C=CC(=O)OCCC.C=COC=C. The van der Waals surface area contributed by atoms with Crippen molar-refractivity contribution in [3.05, 3.63) is 38.3 Å². The zero-order valence-corrected chi connectivity index (χ0v) is 7.99. The molecule has 0 aliphatic heterocycles. The molecule has 0 spiro atoms. The fraction of sp³-hybridized carbons (Fsp3) is 0.300. The molecule has 0 rings (SSSR count). The second-order valence-electron chi connectivity index (χ2n) is 1.84. The third kappa shape index (κ3) is 18.0. The molecule has 0 aromatic heterocycles. The maximum absolute atomic E-state index is 10.2. The normalized spacial score (nSPS) is 7.15. The van der Waals surface area contributed by atoms with Crippen molar-refractivity contribution in [2.75, 3.05) is 6.61 Å². The van der Waals surface area contributed by atoms with E-state index in [0.29, 0.717) is 6.61 Å². The quantitative estimate of drug-likeness (QED) is 0.374. The minimum Gasteiger partial charge on any atom is -0.474 e. The van der Waals surface area contributed by atoms with Crippen LogP contribution in [0.4, 0.5) is 0 Å². The largest absolute Gasteiger partial charge is 0.474 e. The molecule has 0 atom stereocenters. The topological polar surface area (TPSA) is 35.5 Å². The smallest absolute Gasteiger partial charge is 0.330 e. The molecule has 3 heteroatoms. The monoisotopic (exact) mass is 184 g/mol. The van der Waals surface area contributed by atoms with Gasteiger partial charge < -0.3 is 9.47 Å². The summed E-state index contributed by atoms with van der Waals surface area (Å²) in [5.74, 6) is -0.341. The Morgan fingerprint density at radius 2 is 1.85 bits per heavy atom. The molecule has 13 heavy (non-hydrogen) atoms. The average Bonchev–Trinajstić information content (AvgIpc) is 2.16. The first-order valence-corrected chi connectivity index (χ1v) is 3.89. The fourth-order valence-corrected chi connectivity index (χ4v) is 0.330. The molecule has 74 valence electrons. The van der Waals surface area contributed by atoms with E-state index in [0.717, 1.165) is 12.5 Å². The summed E-state index contributed by atoms with van der Waals surface area (Å²) in [6, 6.07) is 0. The molecular weight excluding hydrogens is 168 g/mol. The maximum atomic E-state index is 10.2. The predicted octanol–water partition coefficient (Wildman–Crippen LogP) is 2.42. The van der Waals surface area contributed by atoms with Gasteiger partial charge in [-0.3, -0.25) is 0 Å². The van der Waals surface area contributed by atoms with Gasteiger partial charge in [0, 0.05) is 6.08 Å². The third-order valence-corrected chi connectivity index (χ3v) is 0.808. The van der Waals surface area contributed by atoms with Crippen LogP contribution in [-0.4, -0.2) is 12.6 Å². The summed E-state index contributed by atoms with van der Waals surface area (Å²) in [5.41, 5.74) is 0. The van der Waals surface area contributed by atoms with Crippen molar-refractivity contribution in [3.8, 4) is 0 Å². The van der Waals surface area contributed by atoms with E-state index in [4.69, 9.17) is 0 Å². The summed E-state index contributed by atoms with van der Waals surface area (Å²) in [7, 11) is 0. The third-order valence-electron chi connectivity index (χ3n) is 0.808. The highest BCUT2D eigenvalue weighted by Crippen LogP contribution is 1.81. The summed E-state index contributed by atoms with van der Waals surface area (Å²) >= 11 is 0. The summed E-state index contributed by atoms with van der Waals surface area (Å²) in [5, 5.41) is 0. The Bertz CT molecular complexity index is 156. The second-order valence-corrected chi connectivity index (χ2v) is 1.84. The van der Waals surface area contributed by atoms with Crippen LogP contribution in [0.15, 0.2) is 38.3 Å². The zero-order valence-electron chi connectivity index (χ0n) is 7.99. The minimum atomic E-state index is -0.341. The number of hydrogen-bond acceptors (Lipinski definition) is 3. The van der Waals surface area contributed by atoms with E-state index in [9.17, 15) is 4.79 Å². The Hall–Kier alpha value is -1.51. The number of esters is 1. The molecule has 0 aliphatic carbocycles. The van der Waals surface area contributed by atoms with Gasteiger partial charge in [0.1, 0.15) is 0 Å². The van der Waals surface area contributed by atoms with E-state index >= 15 is 0 Å². The lowest BCUT2D eigenvalue weighted by atomic mass is 10.5. The van der Waals surface area contributed by atoms with Crippen LogP contribution in [0.1, 0.15) is 13.3 Å². The average molecular weight is 184 g/mol. The highest BCUT2D eigenvalue weighted by Gasteiger charge is 1.89. The summed E-state index contributed by atoms with van der Waals surface area (Å²) in [4.78, 5) is 10.2. The van der Waals surface area contributed by atoms with E-state index in [-0.39, 0.29) is 5.97 Å². The van der Waals surface area contributed by atoms with Gasteiger partial charge in [-0.15, -0.1) is 0 Å². The van der Waals surface area contributed by atoms with Crippen molar-refractivity contribution in [3.63, 3.8) is 0 Å². The van der Waals surface area contributed by atoms with E-state index in [1.54, 1.807) is 0 Å². The van der Waals surface area contributed by atoms with Gasteiger partial charge in [-0.1, -0.05) is 26.7 Å². The van der Waals surface area contributed by atoms with E-state index in [1.807, 2.05) is 6.92 Å². The van der Waals surface area contributed by atoms with E-state index in [1.165, 1.54) is 12.5 Å². The Morgan fingerprint density at radius 3 is 2.08 bits per heavy atom.